The van der Waals surface area contributed by atoms with Crippen LogP contribution in [0.3, 0.4) is 0 Å². The Bertz CT molecular complexity index is 1380. The standard InChI is InChI=1S/C29H30FN3OS/c1-19-14-24(28(25(15-19)31-3)32-12-7-13-34-4)29-33-27-20(2)16-22(18-26(27)35-29)10-5-8-21-9-6-11-23(30)17-21/h6,9,11-12,14-18H,3,5,7-8,10,13H2,1-2,4H3. The highest BCUT2D eigenvalue weighted by Gasteiger charge is 2.16. The van der Waals surface area contributed by atoms with Crippen LogP contribution in [0.4, 0.5) is 15.8 Å². The molecule has 0 amide bonds. The molecule has 4 aromatic rings. The lowest BCUT2D eigenvalue weighted by Crippen LogP contribution is -1.92. The number of fused-ring (bicyclic) bond motifs is 1. The Labute approximate surface area is 210 Å². The van der Waals surface area contributed by atoms with Crippen LogP contribution in [0.1, 0.15) is 35.1 Å². The third kappa shape index (κ3) is 6.08. The molecule has 4 rings (SSSR count). The molecule has 6 heteroatoms. The molecule has 0 aliphatic carbocycles. The first kappa shape index (κ1) is 24.9. The van der Waals surface area contributed by atoms with Gasteiger partial charge in [0.2, 0.25) is 0 Å². The maximum atomic E-state index is 13.5. The first-order chi connectivity index (χ1) is 17.0. The molecule has 1 aromatic heterocycles. The fourth-order valence-corrected chi connectivity index (χ4v) is 5.35. The summed E-state index contributed by atoms with van der Waals surface area (Å²) in [6.45, 7) is 8.52. The topological polar surface area (TPSA) is 46.8 Å². The van der Waals surface area contributed by atoms with Gasteiger partial charge in [0, 0.05) is 25.3 Å². The summed E-state index contributed by atoms with van der Waals surface area (Å²) in [5.74, 6) is -0.176. The highest BCUT2D eigenvalue weighted by atomic mass is 32.1. The number of benzene rings is 3. The average Bonchev–Trinajstić information content (AvgIpc) is 3.27. The van der Waals surface area contributed by atoms with E-state index in [0.29, 0.717) is 6.61 Å². The summed E-state index contributed by atoms with van der Waals surface area (Å²) in [6, 6.07) is 15.4. The maximum absolute atomic E-state index is 13.5. The Balaban J connectivity index is 1.63. The minimum Gasteiger partial charge on any atom is -0.384 e. The molecule has 0 bridgehead atoms. The summed E-state index contributed by atoms with van der Waals surface area (Å²) in [5, 5.41) is 0.924. The van der Waals surface area contributed by atoms with Crippen LogP contribution in [-0.4, -0.2) is 31.6 Å². The fraction of sp³-hybridized carbons (Fsp3) is 0.276. The van der Waals surface area contributed by atoms with Gasteiger partial charge in [-0.15, -0.1) is 11.3 Å². The quantitative estimate of drug-likeness (QED) is 0.168. The molecule has 35 heavy (non-hydrogen) atoms. The van der Waals surface area contributed by atoms with E-state index in [2.05, 4.69) is 36.8 Å². The number of nitrogens with zero attached hydrogens (tertiary/aromatic N) is 3. The summed E-state index contributed by atoms with van der Waals surface area (Å²) < 4.78 is 19.8. The predicted octanol–water partition coefficient (Wildman–Crippen LogP) is 7.97. The van der Waals surface area contributed by atoms with E-state index in [1.165, 1.54) is 11.6 Å². The van der Waals surface area contributed by atoms with E-state index in [1.807, 2.05) is 25.3 Å². The minimum absolute atomic E-state index is 0.176. The molecule has 3 aromatic carbocycles. The van der Waals surface area contributed by atoms with Crippen LogP contribution in [0.15, 0.2) is 58.5 Å². The van der Waals surface area contributed by atoms with Crippen molar-refractivity contribution in [3.63, 3.8) is 0 Å². The van der Waals surface area contributed by atoms with Crippen molar-refractivity contribution in [1.82, 2.24) is 4.98 Å². The van der Waals surface area contributed by atoms with Gasteiger partial charge in [-0.25, -0.2) is 9.37 Å². The molecule has 1 heterocycles. The summed E-state index contributed by atoms with van der Waals surface area (Å²) >= 11 is 1.67. The van der Waals surface area contributed by atoms with Gasteiger partial charge in [-0.3, -0.25) is 9.98 Å². The molecule has 0 atom stereocenters. The summed E-state index contributed by atoms with van der Waals surface area (Å²) in [5.41, 5.74) is 8.08. The van der Waals surface area contributed by atoms with Crippen molar-refractivity contribution >= 4 is 45.9 Å². The third-order valence-electron chi connectivity index (χ3n) is 5.87. The monoisotopic (exact) mass is 487 g/mol. The molecule has 0 unspecified atom stereocenters. The maximum Gasteiger partial charge on any atom is 0.126 e. The van der Waals surface area contributed by atoms with Crippen molar-refractivity contribution in [3.05, 3.63) is 76.6 Å². The molecule has 0 saturated carbocycles. The second-order valence-electron chi connectivity index (χ2n) is 8.69. The van der Waals surface area contributed by atoms with Crippen molar-refractivity contribution in [1.29, 1.82) is 0 Å². The van der Waals surface area contributed by atoms with Gasteiger partial charge in [0.15, 0.2) is 0 Å². The van der Waals surface area contributed by atoms with Gasteiger partial charge in [-0.1, -0.05) is 18.2 Å². The number of aromatic nitrogens is 1. The van der Waals surface area contributed by atoms with E-state index in [0.717, 1.165) is 74.5 Å². The number of aryl methyl sites for hydroxylation is 4. The first-order valence-corrected chi connectivity index (χ1v) is 12.6. The van der Waals surface area contributed by atoms with E-state index in [1.54, 1.807) is 30.6 Å². The lowest BCUT2D eigenvalue weighted by Gasteiger charge is -2.08. The normalized spacial score (nSPS) is 11.5. The van der Waals surface area contributed by atoms with E-state index < -0.39 is 0 Å². The van der Waals surface area contributed by atoms with Crippen LogP contribution in [0.5, 0.6) is 0 Å². The first-order valence-electron chi connectivity index (χ1n) is 11.8. The number of halogens is 1. The number of hydrogen-bond donors (Lipinski definition) is 0. The van der Waals surface area contributed by atoms with Crippen LogP contribution in [0.25, 0.3) is 20.8 Å². The average molecular weight is 488 g/mol. The Morgan fingerprint density at radius 3 is 2.69 bits per heavy atom. The Kier molecular flexibility index (Phi) is 8.16. The van der Waals surface area contributed by atoms with Gasteiger partial charge >= 0.3 is 0 Å². The van der Waals surface area contributed by atoms with E-state index >= 15 is 0 Å². The second kappa shape index (κ2) is 11.5. The molecule has 0 aliphatic rings. The largest absolute Gasteiger partial charge is 0.384 e. The molecule has 0 saturated heterocycles. The van der Waals surface area contributed by atoms with E-state index in [9.17, 15) is 4.39 Å². The summed E-state index contributed by atoms with van der Waals surface area (Å²) in [4.78, 5) is 13.9. The molecule has 180 valence electrons. The number of rotatable bonds is 10. The van der Waals surface area contributed by atoms with Gasteiger partial charge < -0.3 is 4.74 Å². The highest BCUT2D eigenvalue weighted by molar-refractivity contribution is 7.21. The third-order valence-corrected chi connectivity index (χ3v) is 6.91. The van der Waals surface area contributed by atoms with Gasteiger partial charge in [0.05, 0.1) is 28.2 Å². The highest BCUT2D eigenvalue weighted by Crippen LogP contribution is 2.42. The van der Waals surface area contributed by atoms with Crippen LogP contribution in [-0.2, 0) is 17.6 Å². The number of hydrogen-bond acceptors (Lipinski definition) is 5. The van der Waals surface area contributed by atoms with Gasteiger partial charge in [0.25, 0.3) is 0 Å². The minimum atomic E-state index is -0.176. The Hall–Kier alpha value is -3.22. The lowest BCUT2D eigenvalue weighted by molar-refractivity contribution is 0.208. The summed E-state index contributed by atoms with van der Waals surface area (Å²) in [7, 11) is 1.68. The molecule has 0 fully saturated rings. The van der Waals surface area contributed by atoms with Gasteiger partial charge in [-0.2, -0.15) is 0 Å². The van der Waals surface area contributed by atoms with Crippen molar-refractivity contribution in [3.8, 4) is 10.6 Å². The fourth-order valence-electron chi connectivity index (χ4n) is 4.22. The van der Waals surface area contributed by atoms with Crippen LogP contribution < -0.4 is 0 Å². The van der Waals surface area contributed by atoms with E-state index in [-0.39, 0.29) is 5.82 Å². The van der Waals surface area contributed by atoms with Crippen molar-refractivity contribution < 1.29 is 9.13 Å². The van der Waals surface area contributed by atoms with Gasteiger partial charge in [-0.05, 0) is 92.4 Å². The lowest BCUT2D eigenvalue weighted by atomic mass is 10.0. The number of thiazole rings is 1. The second-order valence-corrected chi connectivity index (χ2v) is 9.72. The number of aliphatic imine (C=N–C) groups is 2. The molecule has 0 aliphatic heterocycles. The zero-order valence-corrected chi connectivity index (χ0v) is 21.3. The Morgan fingerprint density at radius 2 is 1.91 bits per heavy atom. The molecular formula is C29H30FN3OS. The number of methoxy groups -OCH3 is 1. The van der Waals surface area contributed by atoms with Crippen molar-refractivity contribution in [2.75, 3.05) is 13.7 Å². The smallest absolute Gasteiger partial charge is 0.126 e. The molecule has 0 N–H and O–H groups in total. The molecule has 4 nitrogen and oxygen atoms in total. The SMILES string of the molecule is C=Nc1cc(C)cc(-c2nc3c(C)cc(CCCc4cccc(F)c4)cc3s2)c1N=CCCOC. The molecule has 0 radical (unpaired) electrons. The van der Waals surface area contributed by atoms with E-state index in [4.69, 9.17) is 14.7 Å². The van der Waals surface area contributed by atoms with Crippen molar-refractivity contribution in [2.24, 2.45) is 9.98 Å². The number of ether oxygens (including phenoxy) is 1. The summed E-state index contributed by atoms with van der Waals surface area (Å²) in [6.07, 6.45) is 5.34. The predicted molar refractivity (Wildman–Crippen MR) is 147 cm³/mol. The zero-order valence-electron chi connectivity index (χ0n) is 20.5. The Morgan fingerprint density at radius 1 is 1.09 bits per heavy atom. The van der Waals surface area contributed by atoms with Crippen LogP contribution in [0, 0.1) is 19.7 Å². The zero-order chi connectivity index (χ0) is 24.8. The molecular weight excluding hydrogens is 457 g/mol. The van der Waals surface area contributed by atoms with Crippen molar-refractivity contribution in [2.45, 2.75) is 39.5 Å². The van der Waals surface area contributed by atoms with Crippen LogP contribution in [0.2, 0.25) is 0 Å². The van der Waals surface area contributed by atoms with Crippen LogP contribution >= 0.6 is 11.3 Å². The van der Waals surface area contributed by atoms with Gasteiger partial charge in [0.1, 0.15) is 10.8 Å². The molecule has 0 spiro atoms.